The van der Waals surface area contributed by atoms with Gasteiger partial charge in [-0.15, -0.1) is 0 Å². The van der Waals surface area contributed by atoms with E-state index in [1.807, 2.05) is 12.1 Å². The molecule has 1 aromatic carbocycles. The van der Waals surface area contributed by atoms with E-state index >= 15 is 0 Å². The molecular weight excluding hydrogens is 246 g/mol. The van der Waals surface area contributed by atoms with Crippen LogP contribution in [0.3, 0.4) is 0 Å². The van der Waals surface area contributed by atoms with Crippen molar-refractivity contribution in [3.63, 3.8) is 0 Å². The molecule has 0 spiro atoms. The second-order valence-corrected chi connectivity index (χ2v) is 4.26. The minimum atomic E-state index is -0.861. The van der Waals surface area contributed by atoms with Gasteiger partial charge in [-0.3, -0.25) is 10.1 Å². The van der Waals surface area contributed by atoms with Crippen LogP contribution in [0.1, 0.15) is 11.3 Å². The Morgan fingerprint density at radius 1 is 1.37 bits per heavy atom. The Bertz CT molecular complexity index is 662. The van der Waals surface area contributed by atoms with Crippen molar-refractivity contribution in [1.82, 2.24) is 4.98 Å². The van der Waals surface area contributed by atoms with Crippen molar-refractivity contribution in [1.29, 1.82) is 0 Å². The van der Waals surface area contributed by atoms with Gasteiger partial charge in [-0.25, -0.2) is 0 Å². The quantitative estimate of drug-likeness (QED) is 0.568. The number of H-pyrrole nitrogens is 1. The highest BCUT2D eigenvalue weighted by atomic mass is 16.6. The first-order valence-corrected chi connectivity index (χ1v) is 5.73. The van der Waals surface area contributed by atoms with Crippen LogP contribution in [-0.4, -0.2) is 21.2 Å². The predicted molar refractivity (Wildman–Crippen MR) is 71.4 cm³/mol. The summed E-state index contributed by atoms with van der Waals surface area (Å²) in [4.78, 5) is 13.4. The number of nitrogens with zero attached hydrogens (tertiary/aromatic N) is 1. The number of hydrogen-bond acceptors (Lipinski definition) is 4. The van der Waals surface area contributed by atoms with Gasteiger partial charge in [0.2, 0.25) is 0 Å². The number of anilines is 1. The second-order valence-electron chi connectivity index (χ2n) is 4.26. The molecule has 0 aliphatic carbocycles. The third-order valence-corrected chi connectivity index (χ3v) is 3.04. The van der Waals surface area contributed by atoms with Crippen LogP contribution in [-0.2, 0) is 0 Å². The molecule has 0 saturated carbocycles. The molecule has 0 saturated heterocycles. The molecule has 0 radical (unpaired) electrons. The Kier molecular flexibility index (Phi) is 2.57. The van der Waals surface area contributed by atoms with Gasteiger partial charge in [0, 0.05) is 40.8 Å². The lowest BCUT2D eigenvalue weighted by Gasteiger charge is -2.04. The molecule has 2 heterocycles. The average molecular weight is 257 g/mol. The number of nitro benzene ring substituents is 1. The number of hydrogen-bond donors (Lipinski definition) is 3. The fourth-order valence-corrected chi connectivity index (χ4v) is 2.14. The van der Waals surface area contributed by atoms with Crippen molar-refractivity contribution in [3.05, 3.63) is 57.9 Å². The number of aliphatic hydroxyl groups is 1. The number of benzene rings is 1. The summed E-state index contributed by atoms with van der Waals surface area (Å²) in [5, 5.41) is 23.7. The number of aromatic nitrogens is 1. The summed E-state index contributed by atoms with van der Waals surface area (Å²) in [6.45, 7) is 0. The van der Waals surface area contributed by atoms with E-state index < -0.39 is 11.2 Å². The molecular formula is C13H11N3O3. The fraction of sp³-hybridized carbons (Fsp3) is 0.0769. The third-order valence-electron chi connectivity index (χ3n) is 3.04. The number of nitrogens with one attached hydrogen (secondary N) is 2. The van der Waals surface area contributed by atoms with Crippen LogP contribution >= 0.6 is 0 Å². The largest absolute Gasteiger partial charge is 0.369 e. The number of rotatable bonds is 2. The summed E-state index contributed by atoms with van der Waals surface area (Å²) in [6.07, 6.45) is 2.68. The third kappa shape index (κ3) is 1.98. The Morgan fingerprint density at radius 2 is 2.21 bits per heavy atom. The van der Waals surface area contributed by atoms with Crippen LogP contribution in [0.15, 0.2) is 36.5 Å². The predicted octanol–water partition coefficient (Wildman–Crippen LogP) is 2.21. The molecule has 0 fully saturated rings. The first kappa shape index (κ1) is 11.5. The molecule has 3 rings (SSSR count). The van der Waals surface area contributed by atoms with Crippen LogP contribution < -0.4 is 5.32 Å². The molecule has 6 nitrogen and oxygen atoms in total. The molecule has 0 amide bonds. The van der Waals surface area contributed by atoms with Crippen molar-refractivity contribution < 1.29 is 10.0 Å². The van der Waals surface area contributed by atoms with Crippen LogP contribution in [0, 0.1) is 10.1 Å². The lowest BCUT2D eigenvalue weighted by Crippen LogP contribution is -2.12. The summed E-state index contributed by atoms with van der Waals surface area (Å²) in [5.41, 5.74) is 2.79. The van der Waals surface area contributed by atoms with Crippen LogP contribution in [0.2, 0.25) is 0 Å². The first-order chi connectivity index (χ1) is 9.15. The number of aromatic amines is 1. The standard InChI is InChI=1S/C13H11N3O3/c17-13-11(6-8-2-1-5-14-8)10-7-9(16(18)19)3-4-12(10)15-13/h1-7,13-15,17H/b11-6-. The van der Waals surface area contributed by atoms with E-state index in [2.05, 4.69) is 10.3 Å². The Morgan fingerprint density at radius 3 is 2.89 bits per heavy atom. The lowest BCUT2D eigenvalue weighted by molar-refractivity contribution is -0.384. The van der Waals surface area contributed by atoms with Crippen molar-refractivity contribution in [2.45, 2.75) is 6.23 Å². The highest BCUT2D eigenvalue weighted by Gasteiger charge is 2.26. The maximum absolute atomic E-state index is 10.8. The van der Waals surface area contributed by atoms with Crippen LogP contribution in [0.25, 0.3) is 11.6 Å². The SMILES string of the molecule is O=[N+]([O-])c1ccc2c(c1)/C(=C/c1ccc[nH]1)C(O)N2. The highest BCUT2D eigenvalue weighted by molar-refractivity contribution is 5.94. The van der Waals surface area contributed by atoms with Crippen molar-refractivity contribution in [3.8, 4) is 0 Å². The summed E-state index contributed by atoms with van der Waals surface area (Å²) in [7, 11) is 0. The van der Waals surface area contributed by atoms with E-state index in [0.717, 1.165) is 5.69 Å². The maximum Gasteiger partial charge on any atom is 0.270 e. The molecule has 3 N–H and O–H groups in total. The van der Waals surface area contributed by atoms with Gasteiger partial charge in [-0.2, -0.15) is 0 Å². The van der Waals surface area contributed by atoms with E-state index in [9.17, 15) is 15.2 Å². The fourth-order valence-electron chi connectivity index (χ4n) is 2.14. The summed E-state index contributed by atoms with van der Waals surface area (Å²) >= 11 is 0. The van der Waals surface area contributed by atoms with E-state index in [0.29, 0.717) is 16.8 Å². The molecule has 1 aliphatic rings. The number of fused-ring (bicyclic) bond motifs is 1. The van der Waals surface area contributed by atoms with Gasteiger partial charge in [0.15, 0.2) is 6.23 Å². The molecule has 1 aliphatic heterocycles. The molecule has 2 aromatic rings. The molecule has 6 heteroatoms. The first-order valence-electron chi connectivity index (χ1n) is 5.73. The molecule has 96 valence electrons. The topological polar surface area (TPSA) is 91.2 Å². The van der Waals surface area contributed by atoms with Gasteiger partial charge < -0.3 is 15.4 Å². The normalized spacial score (nSPS) is 19.2. The van der Waals surface area contributed by atoms with E-state index in [1.165, 1.54) is 12.1 Å². The number of non-ortho nitro benzene ring substituents is 1. The zero-order valence-corrected chi connectivity index (χ0v) is 9.83. The average Bonchev–Trinajstić information content (AvgIpc) is 2.98. The van der Waals surface area contributed by atoms with Crippen molar-refractivity contribution in [2.24, 2.45) is 0 Å². The minimum Gasteiger partial charge on any atom is -0.369 e. The van der Waals surface area contributed by atoms with Crippen LogP contribution in [0.5, 0.6) is 0 Å². The van der Waals surface area contributed by atoms with Crippen molar-refractivity contribution >= 4 is 23.0 Å². The molecule has 0 bridgehead atoms. The maximum atomic E-state index is 10.8. The second kappa shape index (κ2) is 4.25. The Labute approximate surface area is 108 Å². The zero-order valence-electron chi connectivity index (χ0n) is 9.83. The lowest BCUT2D eigenvalue weighted by atomic mass is 10.0. The summed E-state index contributed by atoms with van der Waals surface area (Å²) in [5.74, 6) is 0. The molecule has 1 unspecified atom stereocenters. The van der Waals surface area contributed by atoms with Gasteiger partial charge in [0.1, 0.15) is 0 Å². The Hall–Kier alpha value is -2.60. The van der Waals surface area contributed by atoms with E-state index in [-0.39, 0.29) is 5.69 Å². The highest BCUT2D eigenvalue weighted by Crippen LogP contribution is 2.37. The van der Waals surface area contributed by atoms with Gasteiger partial charge in [-0.05, 0) is 24.3 Å². The van der Waals surface area contributed by atoms with Gasteiger partial charge in [0.25, 0.3) is 5.69 Å². The molecule has 1 atom stereocenters. The Balaban J connectivity index is 2.10. The monoisotopic (exact) mass is 257 g/mol. The van der Waals surface area contributed by atoms with Crippen molar-refractivity contribution in [2.75, 3.05) is 5.32 Å². The molecule has 1 aromatic heterocycles. The number of nitro groups is 1. The zero-order chi connectivity index (χ0) is 13.4. The summed E-state index contributed by atoms with van der Waals surface area (Å²) in [6, 6.07) is 8.18. The minimum absolute atomic E-state index is 0.00651. The smallest absolute Gasteiger partial charge is 0.270 e. The van der Waals surface area contributed by atoms with Crippen LogP contribution in [0.4, 0.5) is 11.4 Å². The number of aliphatic hydroxyl groups excluding tert-OH is 1. The van der Waals surface area contributed by atoms with Gasteiger partial charge in [0.05, 0.1) is 4.92 Å². The van der Waals surface area contributed by atoms with E-state index in [4.69, 9.17) is 0 Å². The molecule has 19 heavy (non-hydrogen) atoms. The van der Waals surface area contributed by atoms with Gasteiger partial charge in [-0.1, -0.05) is 0 Å². The van der Waals surface area contributed by atoms with Gasteiger partial charge >= 0.3 is 0 Å². The summed E-state index contributed by atoms with van der Waals surface area (Å²) < 4.78 is 0. The van der Waals surface area contributed by atoms with E-state index in [1.54, 1.807) is 18.3 Å².